The van der Waals surface area contributed by atoms with Crippen LogP contribution in [0.2, 0.25) is 5.02 Å². The Labute approximate surface area is 159 Å². The SMILES string of the molecule is COc1cc(-c2ccccc2)ccc1C1CCC(c2ccccc2Cl)=N1. The average molecular weight is 362 g/mol. The Morgan fingerprint density at radius 3 is 2.46 bits per heavy atom. The van der Waals surface area contributed by atoms with Gasteiger partial charge in [0.05, 0.1) is 13.2 Å². The topological polar surface area (TPSA) is 21.6 Å². The third kappa shape index (κ3) is 3.25. The lowest BCUT2D eigenvalue weighted by Gasteiger charge is -2.14. The summed E-state index contributed by atoms with van der Waals surface area (Å²) in [7, 11) is 1.72. The van der Waals surface area contributed by atoms with E-state index in [0.717, 1.165) is 46.0 Å². The van der Waals surface area contributed by atoms with Gasteiger partial charge < -0.3 is 4.74 Å². The van der Waals surface area contributed by atoms with Gasteiger partial charge in [-0.3, -0.25) is 4.99 Å². The molecule has 0 radical (unpaired) electrons. The molecule has 130 valence electrons. The predicted octanol–water partition coefficient (Wildman–Crippen LogP) is 6.34. The molecule has 3 heteroatoms. The van der Waals surface area contributed by atoms with Crippen molar-refractivity contribution in [3.05, 3.63) is 88.9 Å². The molecule has 4 rings (SSSR count). The van der Waals surface area contributed by atoms with E-state index >= 15 is 0 Å². The quantitative estimate of drug-likeness (QED) is 0.531. The summed E-state index contributed by atoms with van der Waals surface area (Å²) in [5, 5.41) is 0.762. The number of ether oxygens (including phenoxy) is 1. The molecule has 0 spiro atoms. The summed E-state index contributed by atoms with van der Waals surface area (Å²) in [6.45, 7) is 0. The molecule has 3 aromatic carbocycles. The Morgan fingerprint density at radius 1 is 0.923 bits per heavy atom. The maximum Gasteiger partial charge on any atom is 0.124 e. The molecule has 0 aliphatic carbocycles. The van der Waals surface area contributed by atoms with Crippen molar-refractivity contribution in [3.63, 3.8) is 0 Å². The first kappa shape index (κ1) is 16.9. The van der Waals surface area contributed by atoms with Gasteiger partial charge in [0.2, 0.25) is 0 Å². The highest BCUT2D eigenvalue weighted by Crippen LogP contribution is 2.38. The minimum atomic E-state index is 0.112. The van der Waals surface area contributed by atoms with Gasteiger partial charge in [0.25, 0.3) is 0 Å². The molecule has 26 heavy (non-hydrogen) atoms. The number of nitrogens with zero attached hydrogens (tertiary/aromatic N) is 1. The number of hydrogen-bond donors (Lipinski definition) is 0. The molecule has 3 aromatic rings. The van der Waals surface area contributed by atoms with Gasteiger partial charge in [0, 0.05) is 21.9 Å². The summed E-state index contributed by atoms with van der Waals surface area (Å²) < 4.78 is 5.69. The second-order valence-electron chi connectivity index (χ2n) is 6.43. The maximum absolute atomic E-state index is 6.34. The largest absolute Gasteiger partial charge is 0.496 e. The zero-order valence-corrected chi connectivity index (χ0v) is 15.4. The van der Waals surface area contributed by atoms with Crippen LogP contribution in [0.25, 0.3) is 11.1 Å². The number of halogens is 1. The highest BCUT2D eigenvalue weighted by molar-refractivity contribution is 6.34. The molecule has 0 saturated carbocycles. The minimum Gasteiger partial charge on any atom is -0.496 e. The molecule has 1 atom stereocenters. The van der Waals surface area contributed by atoms with E-state index in [1.165, 1.54) is 5.56 Å². The van der Waals surface area contributed by atoms with Gasteiger partial charge in [-0.25, -0.2) is 0 Å². The van der Waals surface area contributed by atoms with Gasteiger partial charge in [-0.05, 0) is 36.1 Å². The van der Waals surface area contributed by atoms with Crippen molar-refractivity contribution >= 4 is 17.3 Å². The smallest absolute Gasteiger partial charge is 0.124 e. The van der Waals surface area contributed by atoms with Crippen molar-refractivity contribution in [2.75, 3.05) is 7.11 Å². The number of rotatable bonds is 4. The average Bonchev–Trinajstić information content (AvgIpc) is 3.18. The third-order valence-electron chi connectivity index (χ3n) is 4.85. The van der Waals surface area contributed by atoms with Gasteiger partial charge in [-0.15, -0.1) is 0 Å². The molecule has 1 aliphatic heterocycles. The summed E-state index contributed by atoms with van der Waals surface area (Å²) in [4.78, 5) is 4.95. The van der Waals surface area contributed by atoms with E-state index in [2.05, 4.69) is 30.3 Å². The molecule has 1 aliphatic rings. The van der Waals surface area contributed by atoms with Crippen LogP contribution in [0.3, 0.4) is 0 Å². The Morgan fingerprint density at radius 2 is 1.69 bits per heavy atom. The zero-order chi connectivity index (χ0) is 17.9. The van der Waals surface area contributed by atoms with E-state index in [1.54, 1.807) is 7.11 Å². The highest BCUT2D eigenvalue weighted by Gasteiger charge is 2.24. The van der Waals surface area contributed by atoms with E-state index in [1.807, 2.05) is 42.5 Å². The van der Waals surface area contributed by atoms with Crippen molar-refractivity contribution in [2.45, 2.75) is 18.9 Å². The fourth-order valence-electron chi connectivity index (χ4n) is 3.51. The summed E-state index contributed by atoms with van der Waals surface area (Å²) >= 11 is 6.34. The number of hydrogen-bond acceptors (Lipinski definition) is 2. The van der Waals surface area contributed by atoms with Crippen LogP contribution >= 0.6 is 11.6 Å². The molecule has 0 saturated heterocycles. The van der Waals surface area contributed by atoms with E-state index < -0.39 is 0 Å². The molecular weight excluding hydrogens is 342 g/mol. The number of methoxy groups -OCH3 is 1. The lowest BCUT2D eigenvalue weighted by atomic mass is 9.98. The Kier molecular flexibility index (Phi) is 4.77. The first-order chi connectivity index (χ1) is 12.8. The third-order valence-corrected chi connectivity index (χ3v) is 5.18. The number of aliphatic imine (C=N–C) groups is 1. The highest BCUT2D eigenvalue weighted by atomic mass is 35.5. The van der Waals surface area contributed by atoms with Crippen LogP contribution in [-0.2, 0) is 0 Å². The predicted molar refractivity (Wildman–Crippen MR) is 108 cm³/mol. The normalized spacial score (nSPS) is 16.4. The minimum absolute atomic E-state index is 0.112. The van der Waals surface area contributed by atoms with E-state index in [4.69, 9.17) is 21.3 Å². The first-order valence-corrected chi connectivity index (χ1v) is 9.19. The van der Waals surface area contributed by atoms with Gasteiger partial charge in [-0.2, -0.15) is 0 Å². The van der Waals surface area contributed by atoms with E-state index in [9.17, 15) is 0 Å². The molecule has 0 aromatic heterocycles. The second kappa shape index (κ2) is 7.35. The molecule has 2 nitrogen and oxygen atoms in total. The Balaban J connectivity index is 1.67. The molecular formula is C23H20ClNO. The molecule has 0 bridgehead atoms. The van der Waals surface area contributed by atoms with Crippen LogP contribution in [0, 0.1) is 0 Å². The van der Waals surface area contributed by atoms with Crippen LogP contribution in [0.15, 0.2) is 77.8 Å². The summed E-state index contributed by atoms with van der Waals surface area (Å²) in [6, 6.07) is 24.8. The fraction of sp³-hybridized carbons (Fsp3) is 0.174. The van der Waals surface area contributed by atoms with Gasteiger partial charge in [0.15, 0.2) is 0 Å². The Hall–Kier alpha value is -2.58. The monoisotopic (exact) mass is 361 g/mol. The van der Waals surface area contributed by atoms with Crippen molar-refractivity contribution in [1.82, 2.24) is 0 Å². The first-order valence-electron chi connectivity index (χ1n) is 8.81. The molecule has 1 heterocycles. The van der Waals surface area contributed by atoms with Crippen molar-refractivity contribution in [1.29, 1.82) is 0 Å². The van der Waals surface area contributed by atoms with Gasteiger partial charge >= 0.3 is 0 Å². The fourth-order valence-corrected chi connectivity index (χ4v) is 3.76. The van der Waals surface area contributed by atoms with Crippen LogP contribution in [-0.4, -0.2) is 12.8 Å². The second-order valence-corrected chi connectivity index (χ2v) is 6.84. The van der Waals surface area contributed by atoms with Crippen LogP contribution < -0.4 is 4.74 Å². The summed E-state index contributed by atoms with van der Waals surface area (Å²) in [5.74, 6) is 0.889. The van der Waals surface area contributed by atoms with E-state index in [0.29, 0.717) is 0 Å². The van der Waals surface area contributed by atoms with Crippen molar-refractivity contribution in [3.8, 4) is 16.9 Å². The molecule has 0 fully saturated rings. The van der Waals surface area contributed by atoms with Crippen LogP contribution in [0.4, 0.5) is 0 Å². The van der Waals surface area contributed by atoms with Crippen LogP contribution in [0.1, 0.15) is 30.0 Å². The maximum atomic E-state index is 6.34. The standard InChI is InChI=1S/C23H20ClNO/c1-26-23-15-17(16-7-3-2-4-8-16)11-12-19(23)22-14-13-21(25-22)18-9-5-6-10-20(18)24/h2-12,15,22H,13-14H2,1H3. The summed E-state index contributed by atoms with van der Waals surface area (Å²) in [6.07, 6.45) is 1.90. The summed E-state index contributed by atoms with van der Waals surface area (Å²) in [5.41, 5.74) is 5.59. The molecule has 0 N–H and O–H groups in total. The Bertz CT molecular complexity index is 949. The molecule has 1 unspecified atom stereocenters. The van der Waals surface area contributed by atoms with Crippen molar-refractivity contribution < 1.29 is 4.74 Å². The zero-order valence-electron chi connectivity index (χ0n) is 14.7. The van der Waals surface area contributed by atoms with Crippen LogP contribution in [0.5, 0.6) is 5.75 Å². The number of benzene rings is 3. The lowest BCUT2D eigenvalue weighted by molar-refractivity contribution is 0.406. The van der Waals surface area contributed by atoms with Crippen molar-refractivity contribution in [2.24, 2.45) is 4.99 Å². The lowest BCUT2D eigenvalue weighted by Crippen LogP contribution is -1.97. The van der Waals surface area contributed by atoms with E-state index in [-0.39, 0.29) is 6.04 Å². The van der Waals surface area contributed by atoms with Gasteiger partial charge in [0.1, 0.15) is 5.75 Å². The molecule has 0 amide bonds. The van der Waals surface area contributed by atoms with Gasteiger partial charge in [-0.1, -0.05) is 72.3 Å².